The zero-order valence-corrected chi connectivity index (χ0v) is 20.4. The molecule has 2 aromatic rings. The molecule has 5 nitrogen and oxygen atoms in total. The second-order valence-electron chi connectivity index (χ2n) is 8.94. The van der Waals surface area contributed by atoms with Crippen LogP contribution >= 0.6 is 11.6 Å². The summed E-state index contributed by atoms with van der Waals surface area (Å²) in [4.78, 5) is 29.5. The number of hydrogen-bond acceptors (Lipinski definition) is 2. The van der Waals surface area contributed by atoms with Gasteiger partial charge in [-0.15, -0.1) is 0 Å². The third kappa shape index (κ3) is 6.16. The lowest BCUT2D eigenvalue weighted by Gasteiger charge is -2.37. The summed E-state index contributed by atoms with van der Waals surface area (Å²) in [5.41, 5.74) is 2.14. The van der Waals surface area contributed by atoms with E-state index in [1.165, 1.54) is 6.42 Å². The predicted octanol–water partition coefficient (Wildman–Crippen LogP) is 5.50. The predicted molar refractivity (Wildman–Crippen MR) is 130 cm³/mol. The fourth-order valence-corrected chi connectivity index (χ4v) is 4.78. The van der Waals surface area contributed by atoms with Crippen LogP contribution in [0, 0.1) is 0 Å². The van der Waals surface area contributed by atoms with Crippen LogP contribution in [0.5, 0.6) is 0 Å². The lowest BCUT2D eigenvalue weighted by atomic mass is 9.94. The molecule has 1 atom stereocenters. The first-order chi connectivity index (χ1) is 15.4. The first-order valence-corrected chi connectivity index (χ1v) is 12.2. The van der Waals surface area contributed by atoms with Crippen molar-refractivity contribution in [3.8, 4) is 0 Å². The summed E-state index contributed by atoms with van der Waals surface area (Å²) in [6.07, 6.45) is 8.46. The fraction of sp³-hybridized carbons (Fsp3) is 0.538. The molecule has 2 amide bonds. The Labute approximate surface area is 197 Å². The molecular formula is C26H36ClN3O2. The summed E-state index contributed by atoms with van der Waals surface area (Å²) >= 11 is 6.39. The van der Waals surface area contributed by atoms with E-state index in [0.29, 0.717) is 13.1 Å². The van der Waals surface area contributed by atoms with Crippen molar-refractivity contribution >= 4 is 23.4 Å². The maximum absolute atomic E-state index is 13.5. The van der Waals surface area contributed by atoms with E-state index >= 15 is 0 Å². The summed E-state index contributed by atoms with van der Waals surface area (Å²) in [5.74, 6) is -0.00344. The van der Waals surface area contributed by atoms with Gasteiger partial charge in [-0.25, -0.2) is 0 Å². The summed E-state index contributed by atoms with van der Waals surface area (Å²) in [6, 6.07) is 12.3. The lowest BCUT2D eigenvalue weighted by Crippen LogP contribution is -2.49. The Morgan fingerprint density at radius 3 is 2.50 bits per heavy atom. The molecule has 0 aliphatic heterocycles. The van der Waals surface area contributed by atoms with Crippen LogP contribution in [-0.2, 0) is 22.7 Å². The molecule has 1 aliphatic carbocycles. The smallest absolute Gasteiger partial charge is 0.242 e. The zero-order chi connectivity index (χ0) is 23.1. The second-order valence-corrected chi connectivity index (χ2v) is 9.34. The van der Waals surface area contributed by atoms with Gasteiger partial charge >= 0.3 is 0 Å². The third-order valence-electron chi connectivity index (χ3n) is 6.72. The molecule has 174 valence electrons. The summed E-state index contributed by atoms with van der Waals surface area (Å²) in [6.45, 7) is 6.97. The molecule has 1 unspecified atom stereocenters. The average molecular weight is 458 g/mol. The molecule has 1 aromatic carbocycles. The van der Waals surface area contributed by atoms with Gasteiger partial charge in [0.05, 0.1) is 13.1 Å². The van der Waals surface area contributed by atoms with E-state index in [4.69, 9.17) is 11.6 Å². The average Bonchev–Trinajstić information content (AvgIpc) is 3.23. The maximum Gasteiger partial charge on any atom is 0.242 e. The van der Waals surface area contributed by atoms with E-state index < -0.39 is 0 Å². The van der Waals surface area contributed by atoms with Crippen molar-refractivity contribution in [3.05, 3.63) is 58.9 Å². The highest BCUT2D eigenvalue weighted by molar-refractivity contribution is 6.31. The van der Waals surface area contributed by atoms with E-state index in [1.54, 1.807) is 11.8 Å². The lowest BCUT2D eigenvalue weighted by molar-refractivity contribution is -0.143. The molecule has 1 heterocycles. The Hall–Kier alpha value is -2.27. The molecule has 0 N–H and O–H groups in total. The van der Waals surface area contributed by atoms with E-state index in [2.05, 4.69) is 10.6 Å². The van der Waals surface area contributed by atoms with E-state index in [0.717, 1.165) is 48.4 Å². The SMILES string of the molecule is CCC(C)N(CC(=O)N(Cc1cccn1Cc1ccccc1Cl)C1CCCCC1)C(C)=O. The van der Waals surface area contributed by atoms with Crippen molar-refractivity contribution in [2.24, 2.45) is 0 Å². The minimum Gasteiger partial charge on any atom is -0.345 e. The van der Waals surface area contributed by atoms with Crippen LogP contribution in [0.15, 0.2) is 42.6 Å². The van der Waals surface area contributed by atoms with Gasteiger partial charge in [0.1, 0.15) is 0 Å². The first-order valence-electron chi connectivity index (χ1n) is 11.8. The molecule has 6 heteroatoms. The van der Waals surface area contributed by atoms with Crippen LogP contribution in [0.2, 0.25) is 5.02 Å². The number of carbonyl (C=O) groups is 2. The van der Waals surface area contributed by atoms with Crippen molar-refractivity contribution in [3.63, 3.8) is 0 Å². The van der Waals surface area contributed by atoms with Crippen molar-refractivity contribution in [2.45, 2.75) is 84.5 Å². The quantitative estimate of drug-likeness (QED) is 0.499. The Bertz CT molecular complexity index is 904. The number of aromatic nitrogens is 1. The van der Waals surface area contributed by atoms with Crippen LogP contribution in [0.1, 0.15) is 70.6 Å². The number of nitrogens with zero attached hydrogens (tertiary/aromatic N) is 3. The minimum absolute atomic E-state index is 0.0397. The van der Waals surface area contributed by atoms with Gasteiger partial charge in [-0.1, -0.05) is 56.0 Å². The molecule has 1 saturated carbocycles. The van der Waals surface area contributed by atoms with Crippen LogP contribution < -0.4 is 0 Å². The largest absolute Gasteiger partial charge is 0.345 e. The molecule has 32 heavy (non-hydrogen) atoms. The van der Waals surface area contributed by atoms with Gasteiger partial charge in [0, 0.05) is 42.5 Å². The Balaban J connectivity index is 1.81. The normalized spacial score (nSPS) is 15.4. The number of rotatable bonds is 9. The molecular weight excluding hydrogens is 422 g/mol. The Morgan fingerprint density at radius 1 is 1.12 bits per heavy atom. The maximum atomic E-state index is 13.5. The van der Waals surface area contributed by atoms with Crippen molar-refractivity contribution < 1.29 is 9.59 Å². The molecule has 3 rings (SSSR count). The molecule has 1 fully saturated rings. The first kappa shape index (κ1) is 24.4. The van der Waals surface area contributed by atoms with Gasteiger partial charge in [-0.05, 0) is 49.9 Å². The highest BCUT2D eigenvalue weighted by Crippen LogP contribution is 2.25. The molecule has 0 spiro atoms. The van der Waals surface area contributed by atoms with Crippen molar-refractivity contribution in [1.82, 2.24) is 14.4 Å². The Morgan fingerprint density at radius 2 is 1.84 bits per heavy atom. The molecule has 0 bridgehead atoms. The van der Waals surface area contributed by atoms with E-state index in [-0.39, 0.29) is 30.4 Å². The molecule has 0 saturated heterocycles. The highest BCUT2D eigenvalue weighted by Gasteiger charge is 2.29. The number of carbonyl (C=O) groups excluding carboxylic acids is 2. The Kier molecular flexibility index (Phi) is 8.80. The summed E-state index contributed by atoms with van der Waals surface area (Å²) < 4.78 is 2.17. The second kappa shape index (κ2) is 11.6. The summed E-state index contributed by atoms with van der Waals surface area (Å²) in [5, 5.41) is 0.748. The zero-order valence-electron chi connectivity index (χ0n) is 19.6. The number of hydrogen-bond donors (Lipinski definition) is 0. The summed E-state index contributed by atoms with van der Waals surface area (Å²) in [7, 11) is 0. The molecule has 0 radical (unpaired) electrons. The van der Waals surface area contributed by atoms with Gasteiger partial charge in [-0.3, -0.25) is 9.59 Å². The topological polar surface area (TPSA) is 45.6 Å². The monoisotopic (exact) mass is 457 g/mol. The van der Waals surface area contributed by atoms with Gasteiger partial charge in [0.25, 0.3) is 0 Å². The van der Waals surface area contributed by atoms with Crippen LogP contribution in [0.4, 0.5) is 0 Å². The van der Waals surface area contributed by atoms with Gasteiger partial charge in [0.15, 0.2) is 0 Å². The molecule has 1 aromatic heterocycles. The number of halogens is 1. The number of amides is 2. The highest BCUT2D eigenvalue weighted by atomic mass is 35.5. The van der Waals surface area contributed by atoms with Gasteiger partial charge < -0.3 is 14.4 Å². The molecule has 1 aliphatic rings. The van der Waals surface area contributed by atoms with Crippen LogP contribution in [0.3, 0.4) is 0 Å². The van der Waals surface area contributed by atoms with Crippen LogP contribution in [0.25, 0.3) is 0 Å². The fourth-order valence-electron chi connectivity index (χ4n) is 4.58. The number of benzene rings is 1. The van der Waals surface area contributed by atoms with Crippen molar-refractivity contribution in [2.75, 3.05) is 6.54 Å². The van der Waals surface area contributed by atoms with Gasteiger partial charge in [0.2, 0.25) is 11.8 Å². The standard InChI is InChI=1S/C26H36ClN3O2/c1-4-20(2)29(21(3)31)19-26(32)30(23-12-6-5-7-13-23)18-24-14-10-16-28(24)17-22-11-8-9-15-25(22)27/h8-11,14-16,20,23H,4-7,12-13,17-19H2,1-3H3. The minimum atomic E-state index is -0.0432. The third-order valence-corrected chi connectivity index (χ3v) is 7.09. The van der Waals surface area contributed by atoms with E-state index in [9.17, 15) is 9.59 Å². The van der Waals surface area contributed by atoms with E-state index in [1.807, 2.05) is 55.3 Å². The van der Waals surface area contributed by atoms with Crippen LogP contribution in [-0.4, -0.2) is 44.8 Å². The van der Waals surface area contributed by atoms with Crippen molar-refractivity contribution in [1.29, 1.82) is 0 Å². The van der Waals surface area contributed by atoms with Gasteiger partial charge in [-0.2, -0.15) is 0 Å².